The van der Waals surface area contributed by atoms with Crippen LogP contribution in [0.5, 0.6) is 0 Å². The van der Waals surface area contributed by atoms with Crippen LogP contribution in [-0.2, 0) is 19.4 Å². The lowest BCUT2D eigenvalue weighted by atomic mass is 9.90. The van der Waals surface area contributed by atoms with E-state index in [4.69, 9.17) is 5.73 Å². The number of aliphatic imine (C=N–C) groups is 1. The van der Waals surface area contributed by atoms with Gasteiger partial charge in [-0.25, -0.2) is 4.99 Å². The Hall–Kier alpha value is -1.76. The van der Waals surface area contributed by atoms with Crippen LogP contribution in [0.4, 0.5) is 11.4 Å². The van der Waals surface area contributed by atoms with E-state index in [9.17, 15) is 0 Å². The van der Waals surface area contributed by atoms with Crippen molar-refractivity contribution < 1.29 is 0 Å². The molecule has 3 N–H and O–H groups in total. The Labute approximate surface area is 167 Å². The van der Waals surface area contributed by atoms with Gasteiger partial charge in [0.2, 0.25) is 0 Å². The second-order valence-electron chi connectivity index (χ2n) is 6.54. The summed E-state index contributed by atoms with van der Waals surface area (Å²) in [4.78, 5) is 6.59. The minimum Gasteiger partial charge on any atom is -0.378 e. The van der Waals surface area contributed by atoms with Crippen LogP contribution in [-0.4, -0.2) is 20.1 Å². The number of nitrogens with zero attached hydrogens (tertiary/aromatic N) is 2. The molecule has 0 atom stereocenters. The van der Waals surface area contributed by atoms with E-state index in [0.29, 0.717) is 12.5 Å². The number of nitrogens with two attached hydrogens (primary N) is 1. The van der Waals surface area contributed by atoms with E-state index in [2.05, 4.69) is 57.7 Å². The van der Waals surface area contributed by atoms with Crippen LogP contribution in [0.25, 0.3) is 0 Å². The summed E-state index contributed by atoms with van der Waals surface area (Å²) < 4.78 is 0. The maximum Gasteiger partial charge on any atom is 0.193 e. The summed E-state index contributed by atoms with van der Waals surface area (Å²) in [5, 5.41) is 3.29. The van der Waals surface area contributed by atoms with Crippen LogP contribution in [0.15, 0.2) is 47.5 Å². The molecule has 1 aliphatic carbocycles. The third-order valence-electron chi connectivity index (χ3n) is 4.52. The van der Waals surface area contributed by atoms with E-state index in [1.165, 1.54) is 36.1 Å². The third-order valence-corrected chi connectivity index (χ3v) is 4.52. The summed E-state index contributed by atoms with van der Waals surface area (Å²) in [6.45, 7) is 0.579. The minimum absolute atomic E-state index is 0. The average molecular weight is 450 g/mol. The van der Waals surface area contributed by atoms with Gasteiger partial charge in [0, 0.05) is 25.5 Å². The van der Waals surface area contributed by atoms with Crippen molar-refractivity contribution >= 4 is 41.3 Å². The molecule has 0 radical (unpaired) electrons. The Morgan fingerprint density at radius 3 is 2.68 bits per heavy atom. The first-order valence-corrected chi connectivity index (χ1v) is 8.57. The van der Waals surface area contributed by atoms with Crippen molar-refractivity contribution in [3.05, 3.63) is 59.2 Å². The fraction of sp³-hybridized carbons (Fsp3) is 0.350. The summed E-state index contributed by atoms with van der Waals surface area (Å²) in [5.41, 5.74) is 12.4. The molecule has 0 saturated heterocycles. The Morgan fingerprint density at radius 2 is 1.88 bits per heavy atom. The molecule has 0 bridgehead atoms. The first-order valence-electron chi connectivity index (χ1n) is 8.57. The highest BCUT2D eigenvalue weighted by Gasteiger charge is 2.13. The van der Waals surface area contributed by atoms with Crippen LogP contribution < -0.4 is 16.0 Å². The van der Waals surface area contributed by atoms with Gasteiger partial charge in [-0.3, -0.25) is 0 Å². The molecule has 0 spiro atoms. The Morgan fingerprint density at radius 1 is 1.12 bits per heavy atom. The molecule has 2 aromatic carbocycles. The number of rotatable bonds is 4. The predicted octanol–water partition coefficient (Wildman–Crippen LogP) is 4.18. The van der Waals surface area contributed by atoms with E-state index in [1.807, 2.05) is 14.1 Å². The van der Waals surface area contributed by atoms with Crippen LogP contribution in [0.1, 0.15) is 29.5 Å². The van der Waals surface area contributed by atoms with E-state index in [0.717, 1.165) is 17.7 Å². The summed E-state index contributed by atoms with van der Waals surface area (Å²) in [6.07, 6.45) is 4.82. The molecule has 0 unspecified atom stereocenters. The topological polar surface area (TPSA) is 53.6 Å². The van der Waals surface area contributed by atoms with Gasteiger partial charge in [-0.05, 0) is 60.6 Å². The minimum atomic E-state index is 0. The molecule has 0 aromatic heterocycles. The lowest BCUT2D eigenvalue weighted by Gasteiger charge is -2.19. The largest absolute Gasteiger partial charge is 0.378 e. The summed E-state index contributed by atoms with van der Waals surface area (Å²) in [6, 6.07) is 14.8. The number of halogens is 1. The van der Waals surface area contributed by atoms with Gasteiger partial charge in [-0.15, -0.1) is 24.0 Å². The van der Waals surface area contributed by atoms with Gasteiger partial charge < -0.3 is 16.0 Å². The molecule has 0 amide bonds. The quantitative estimate of drug-likeness (QED) is 0.418. The Kier molecular flexibility index (Phi) is 7.11. The Balaban J connectivity index is 0.00000225. The average Bonchev–Trinajstić information content (AvgIpc) is 2.60. The summed E-state index contributed by atoms with van der Waals surface area (Å²) in [5.74, 6) is 0.476. The molecule has 2 aromatic rings. The van der Waals surface area contributed by atoms with Gasteiger partial charge in [0.25, 0.3) is 0 Å². The van der Waals surface area contributed by atoms with Crippen LogP contribution in [0.3, 0.4) is 0 Å². The number of nitrogens with one attached hydrogen (secondary N) is 1. The fourth-order valence-electron chi connectivity index (χ4n) is 3.19. The fourth-order valence-corrected chi connectivity index (χ4v) is 3.19. The monoisotopic (exact) mass is 450 g/mol. The zero-order chi connectivity index (χ0) is 16.9. The number of anilines is 2. The van der Waals surface area contributed by atoms with Crippen molar-refractivity contribution in [2.75, 3.05) is 24.3 Å². The second-order valence-corrected chi connectivity index (χ2v) is 6.54. The molecular weight excluding hydrogens is 423 g/mol. The van der Waals surface area contributed by atoms with E-state index >= 15 is 0 Å². The molecule has 1 aliphatic rings. The van der Waals surface area contributed by atoms with Gasteiger partial charge in [-0.1, -0.05) is 24.3 Å². The van der Waals surface area contributed by atoms with Crippen molar-refractivity contribution in [1.29, 1.82) is 0 Å². The molecule has 0 heterocycles. The van der Waals surface area contributed by atoms with Crippen molar-refractivity contribution in [1.82, 2.24) is 0 Å². The van der Waals surface area contributed by atoms with Crippen molar-refractivity contribution in [2.24, 2.45) is 10.7 Å². The summed E-state index contributed by atoms with van der Waals surface area (Å²) in [7, 11) is 4.08. The van der Waals surface area contributed by atoms with Crippen LogP contribution in [0, 0.1) is 0 Å². The zero-order valence-electron chi connectivity index (χ0n) is 15.0. The number of benzene rings is 2. The van der Waals surface area contributed by atoms with Crippen LogP contribution >= 0.6 is 24.0 Å². The highest BCUT2D eigenvalue weighted by molar-refractivity contribution is 14.0. The number of aryl methyl sites for hydroxylation is 1. The van der Waals surface area contributed by atoms with Crippen LogP contribution in [0.2, 0.25) is 0 Å². The Bertz CT molecular complexity index is 740. The lowest BCUT2D eigenvalue weighted by molar-refractivity contribution is 0.687. The first-order chi connectivity index (χ1) is 11.6. The number of hydrogen-bond donors (Lipinski definition) is 2. The zero-order valence-corrected chi connectivity index (χ0v) is 17.3. The van der Waals surface area contributed by atoms with Gasteiger partial charge >= 0.3 is 0 Å². The SMILES string of the molecule is CN(C)c1cccc(CN=C(N)Nc2cccc3c2CCCC3)c1.I. The number of hydrogen-bond acceptors (Lipinski definition) is 2. The van der Waals surface area contributed by atoms with Crippen molar-refractivity contribution in [3.8, 4) is 0 Å². The first kappa shape index (κ1) is 19.6. The molecule has 5 heteroatoms. The number of fused-ring (bicyclic) bond motifs is 1. The molecular formula is C20H27IN4. The molecule has 0 fully saturated rings. The molecule has 134 valence electrons. The molecule has 0 aliphatic heterocycles. The highest BCUT2D eigenvalue weighted by atomic mass is 127. The maximum atomic E-state index is 6.11. The molecule has 3 rings (SSSR count). The maximum absolute atomic E-state index is 6.11. The summed E-state index contributed by atoms with van der Waals surface area (Å²) >= 11 is 0. The molecule has 4 nitrogen and oxygen atoms in total. The molecule has 25 heavy (non-hydrogen) atoms. The second kappa shape index (κ2) is 9.08. The van der Waals surface area contributed by atoms with E-state index in [1.54, 1.807) is 0 Å². The van der Waals surface area contributed by atoms with Crippen molar-refractivity contribution in [2.45, 2.75) is 32.2 Å². The van der Waals surface area contributed by atoms with Gasteiger partial charge in [0.15, 0.2) is 5.96 Å². The normalized spacial score (nSPS) is 13.6. The standard InChI is InChI=1S/C20H26N4.HI/c1-24(2)17-10-5-7-15(13-17)14-22-20(21)23-19-12-6-9-16-8-3-4-11-18(16)19;/h5-7,9-10,12-13H,3-4,8,11,14H2,1-2H3,(H3,21,22,23);1H. The predicted molar refractivity (Wildman–Crippen MR) is 118 cm³/mol. The smallest absolute Gasteiger partial charge is 0.193 e. The van der Waals surface area contributed by atoms with E-state index < -0.39 is 0 Å². The lowest BCUT2D eigenvalue weighted by Crippen LogP contribution is -2.24. The highest BCUT2D eigenvalue weighted by Crippen LogP contribution is 2.27. The van der Waals surface area contributed by atoms with Crippen molar-refractivity contribution in [3.63, 3.8) is 0 Å². The number of guanidine groups is 1. The van der Waals surface area contributed by atoms with Gasteiger partial charge in [0.05, 0.1) is 6.54 Å². The third kappa shape index (κ3) is 5.11. The van der Waals surface area contributed by atoms with Gasteiger partial charge in [-0.2, -0.15) is 0 Å². The molecule has 0 saturated carbocycles. The van der Waals surface area contributed by atoms with E-state index in [-0.39, 0.29) is 24.0 Å². The van der Waals surface area contributed by atoms with Gasteiger partial charge in [0.1, 0.15) is 0 Å².